The summed E-state index contributed by atoms with van der Waals surface area (Å²) in [5.74, 6) is 1.75. The minimum atomic E-state index is -0.232. The summed E-state index contributed by atoms with van der Waals surface area (Å²) in [7, 11) is 1.93. The molecule has 4 heterocycles. The number of carbonyl (C=O) groups excluding carboxylic acids is 1. The first-order valence-corrected chi connectivity index (χ1v) is 10.2. The van der Waals surface area contributed by atoms with Gasteiger partial charge in [0, 0.05) is 25.9 Å². The molecule has 1 atom stereocenters. The van der Waals surface area contributed by atoms with Crippen LogP contribution in [0, 0.1) is 12.8 Å². The molecule has 0 unspecified atom stereocenters. The molecule has 4 rings (SSSR count). The second-order valence-corrected chi connectivity index (χ2v) is 8.08. The molecule has 1 amide bonds. The van der Waals surface area contributed by atoms with Crippen molar-refractivity contribution in [2.24, 2.45) is 5.92 Å². The van der Waals surface area contributed by atoms with E-state index in [0.29, 0.717) is 18.7 Å². The van der Waals surface area contributed by atoms with Crippen LogP contribution >= 0.6 is 0 Å². The molecule has 3 aromatic rings. The molecule has 0 bridgehead atoms. The van der Waals surface area contributed by atoms with Gasteiger partial charge in [-0.15, -0.1) is 0 Å². The third-order valence-corrected chi connectivity index (χ3v) is 5.39. The lowest BCUT2D eigenvalue weighted by molar-refractivity contribution is -0.118. The van der Waals surface area contributed by atoms with E-state index >= 15 is 0 Å². The molecule has 30 heavy (non-hydrogen) atoms. The van der Waals surface area contributed by atoms with E-state index in [1.807, 2.05) is 68.0 Å². The van der Waals surface area contributed by atoms with Gasteiger partial charge in [-0.05, 0) is 37.0 Å². The summed E-state index contributed by atoms with van der Waals surface area (Å²) in [6.45, 7) is 6.65. The normalized spacial score (nSPS) is 16.0. The van der Waals surface area contributed by atoms with E-state index in [-0.39, 0.29) is 17.9 Å². The molecule has 0 aromatic carbocycles. The number of aromatic nitrogens is 5. The number of nitrogens with one attached hydrogen (secondary N) is 1. The van der Waals surface area contributed by atoms with Crippen molar-refractivity contribution in [2.45, 2.75) is 46.2 Å². The summed E-state index contributed by atoms with van der Waals surface area (Å²) < 4.78 is 1.90. The monoisotopic (exact) mass is 405 g/mol. The number of nitrogens with zero attached hydrogens (tertiary/aromatic N) is 6. The molecule has 0 aliphatic carbocycles. The van der Waals surface area contributed by atoms with Gasteiger partial charge in [-0.3, -0.25) is 14.5 Å². The number of hydrogen-bond acceptors (Lipinski definition) is 6. The van der Waals surface area contributed by atoms with Crippen LogP contribution in [-0.4, -0.2) is 43.7 Å². The fourth-order valence-corrected chi connectivity index (χ4v) is 3.92. The Morgan fingerprint density at radius 3 is 2.77 bits per heavy atom. The van der Waals surface area contributed by atoms with Crippen molar-refractivity contribution in [3.8, 4) is 0 Å². The number of fused-ring (bicyclic) bond motifs is 1. The van der Waals surface area contributed by atoms with E-state index in [4.69, 9.17) is 4.98 Å². The largest absolute Gasteiger partial charge is 0.346 e. The first-order valence-electron chi connectivity index (χ1n) is 10.2. The van der Waals surface area contributed by atoms with Gasteiger partial charge >= 0.3 is 0 Å². The molecular weight excluding hydrogens is 378 g/mol. The first-order chi connectivity index (χ1) is 14.4. The highest BCUT2D eigenvalue weighted by molar-refractivity contribution is 6.03. The third-order valence-electron chi connectivity index (χ3n) is 5.39. The van der Waals surface area contributed by atoms with Crippen molar-refractivity contribution in [3.63, 3.8) is 0 Å². The average Bonchev–Trinajstić information content (AvgIpc) is 3.15. The van der Waals surface area contributed by atoms with E-state index in [9.17, 15) is 4.79 Å². The van der Waals surface area contributed by atoms with Crippen LogP contribution in [0.15, 0.2) is 36.8 Å². The van der Waals surface area contributed by atoms with Crippen LogP contribution in [0.2, 0.25) is 0 Å². The lowest BCUT2D eigenvalue weighted by Gasteiger charge is -2.36. The Kier molecular flexibility index (Phi) is 5.48. The number of rotatable bonds is 6. The Bertz CT molecular complexity index is 1040. The highest BCUT2D eigenvalue weighted by Crippen LogP contribution is 2.33. The number of anilines is 2. The summed E-state index contributed by atoms with van der Waals surface area (Å²) in [5, 5.41) is 7.43. The summed E-state index contributed by atoms with van der Waals surface area (Å²) >= 11 is 0. The number of carbonyl (C=O) groups is 1. The van der Waals surface area contributed by atoms with Crippen LogP contribution < -0.4 is 10.2 Å². The van der Waals surface area contributed by atoms with E-state index in [1.54, 1.807) is 6.20 Å². The van der Waals surface area contributed by atoms with Crippen LogP contribution in [0.25, 0.3) is 0 Å². The molecule has 0 spiro atoms. The molecule has 0 fully saturated rings. The topological polar surface area (TPSA) is 88.8 Å². The third kappa shape index (κ3) is 4.03. The van der Waals surface area contributed by atoms with Crippen LogP contribution in [-0.2, 0) is 24.2 Å². The molecule has 1 N–H and O–H groups in total. The van der Waals surface area contributed by atoms with Crippen molar-refractivity contribution in [2.75, 3.05) is 17.3 Å². The molecule has 0 saturated carbocycles. The SMILES string of the molecule is Cc1nc(CCc2cnn(Cc3ccccn3)c2)nc2c1NC(=O)[C@H](C(C)C)N2C. The van der Waals surface area contributed by atoms with Gasteiger partial charge in [-0.2, -0.15) is 5.10 Å². The van der Waals surface area contributed by atoms with Gasteiger partial charge in [0.25, 0.3) is 0 Å². The van der Waals surface area contributed by atoms with Gasteiger partial charge in [0.15, 0.2) is 5.82 Å². The molecule has 8 heteroatoms. The Balaban J connectivity index is 1.47. The second-order valence-electron chi connectivity index (χ2n) is 8.08. The summed E-state index contributed by atoms with van der Waals surface area (Å²) in [4.78, 5) is 28.2. The maximum Gasteiger partial charge on any atom is 0.247 e. The maximum absolute atomic E-state index is 12.5. The maximum atomic E-state index is 12.5. The number of likely N-dealkylation sites (N-methyl/N-ethyl adjacent to an activating group) is 1. The molecule has 1 aliphatic heterocycles. The lowest BCUT2D eigenvalue weighted by Crippen LogP contribution is -2.49. The number of pyridine rings is 1. The smallest absolute Gasteiger partial charge is 0.247 e. The second kappa shape index (κ2) is 8.22. The number of aryl methyl sites for hydroxylation is 3. The Labute approximate surface area is 176 Å². The Morgan fingerprint density at radius 2 is 2.03 bits per heavy atom. The fraction of sp³-hybridized carbons (Fsp3) is 0.409. The quantitative estimate of drug-likeness (QED) is 0.678. The summed E-state index contributed by atoms with van der Waals surface area (Å²) in [6.07, 6.45) is 7.22. The van der Waals surface area contributed by atoms with Crippen LogP contribution in [0.3, 0.4) is 0 Å². The van der Waals surface area contributed by atoms with Crippen LogP contribution in [0.5, 0.6) is 0 Å². The van der Waals surface area contributed by atoms with Gasteiger partial charge in [0.2, 0.25) is 5.91 Å². The molecule has 0 saturated heterocycles. The molecule has 3 aromatic heterocycles. The lowest BCUT2D eigenvalue weighted by atomic mass is 9.99. The minimum Gasteiger partial charge on any atom is -0.346 e. The molecule has 156 valence electrons. The molecular formula is C22H27N7O. The zero-order valence-electron chi connectivity index (χ0n) is 17.8. The molecule has 8 nitrogen and oxygen atoms in total. The van der Waals surface area contributed by atoms with Gasteiger partial charge in [0.05, 0.1) is 24.1 Å². The Hall–Kier alpha value is -3.29. The molecule has 0 radical (unpaired) electrons. The fourth-order valence-electron chi connectivity index (χ4n) is 3.92. The zero-order chi connectivity index (χ0) is 21.3. The van der Waals surface area contributed by atoms with Crippen molar-refractivity contribution in [1.82, 2.24) is 24.7 Å². The Morgan fingerprint density at radius 1 is 1.20 bits per heavy atom. The van der Waals surface area contributed by atoms with Gasteiger partial charge in [-0.25, -0.2) is 9.97 Å². The molecule has 1 aliphatic rings. The number of hydrogen-bond donors (Lipinski definition) is 1. The standard InChI is InChI=1S/C22H27N7O/c1-14(2)20-22(30)27-19-15(3)25-18(26-21(19)28(20)4)9-8-16-11-24-29(12-16)13-17-7-5-6-10-23-17/h5-7,10-12,14,20H,8-9,13H2,1-4H3,(H,27,30)/t20-/m0/s1. The van der Waals surface area contributed by atoms with Gasteiger partial charge in [0.1, 0.15) is 17.6 Å². The van der Waals surface area contributed by atoms with Crippen molar-refractivity contribution in [1.29, 1.82) is 0 Å². The van der Waals surface area contributed by atoms with E-state index < -0.39 is 0 Å². The van der Waals surface area contributed by atoms with E-state index in [2.05, 4.69) is 20.4 Å². The summed E-state index contributed by atoms with van der Waals surface area (Å²) in [6, 6.07) is 5.64. The van der Waals surface area contributed by atoms with Crippen molar-refractivity contribution >= 4 is 17.4 Å². The summed E-state index contributed by atoms with van der Waals surface area (Å²) in [5.41, 5.74) is 3.62. The number of amides is 1. The average molecular weight is 406 g/mol. The van der Waals surface area contributed by atoms with Crippen LogP contribution in [0.1, 0.15) is 36.6 Å². The van der Waals surface area contributed by atoms with Crippen LogP contribution in [0.4, 0.5) is 11.5 Å². The predicted molar refractivity (Wildman–Crippen MR) is 115 cm³/mol. The van der Waals surface area contributed by atoms with E-state index in [0.717, 1.165) is 35.0 Å². The minimum absolute atomic E-state index is 0.000213. The van der Waals surface area contributed by atoms with E-state index in [1.165, 1.54) is 0 Å². The zero-order valence-corrected chi connectivity index (χ0v) is 17.8. The highest BCUT2D eigenvalue weighted by Gasteiger charge is 2.35. The first kappa shape index (κ1) is 20.0. The van der Waals surface area contributed by atoms with Crippen molar-refractivity contribution < 1.29 is 4.79 Å². The predicted octanol–water partition coefficient (Wildman–Crippen LogP) is 2.62. The van der Waals surface area contributed by atoms with Gasteiger partial charge in [-0.1, -0.05) is 19.9 Å². The van der Waals surface area contributed by atoms with Gasteiger partial charge < -0.3 is 10.2 Å². The highest BCUT2D eigenvalue weighted by atomic mass is 16.2. The van der Waals surface area contributed by atoms with Crippen molar-refractivity contribution in [3.05, 3.63) is 59.6 Å².